The number of carbonyl (C=O) groups is 1. The van der Waals surface area contributed by atoms with Crippen LogP contribution in [-0.2, 0) is 6.61 Å². The second-order valence-corrected chi connectivity index (χ2v) is 5.74. The van der Waals surface area contributed by atoms with Crippen LogP contribution < -0.4 is 10.9 Å². The third kappa shape index (κ3) is 3.24. The number of carbonyl (C=O) groups excluding carboxylic acids is 1. The van der Waals surface area contributed by atoms with E-state index in [9.17, 15) is 14.3 Å². The Labute approximate surface area is 146 Å². The first-order valence-electron chi connectivity index (χ1n) is 7.25. The van der Waals surface area contributed by atoms with E-state index in [0.717, 1.165) is 12.1 Å². The van der Waals surface area contributed by atoms with Gasteiger partial charge in [0.15, 0.2) is 5.58 Å². The van der Waals surface area contributed by atoms with Crippen molar-refractivity contribution in [3.63, 3.8) is 0 Å². The third-order valence-electron chi connectivity index (χ3n) is 3.66. The minimum atomic E-state index is -0.637. The van der Waals surface area contributed by atoms with Crippen LogP contribution in [-0.4, -0.2) is 16.0 Å². The Balaban J connectivity index is 2.07. The molecule has 0 aliphatic rings. The van der Waals surface area contributed by atoms with E-state index in [0.29, 0.717) is 22.2 Å². The molecule has 0 unspecified atom stereocenters. The topological polar surface area (TPSA) is 99.2 Å². The summed E-state index contributed by atoms with van der Waals surface area (Å²) in [4.78, 5) is 16.6. The predicted octanol–water partition coefficient (Wildman–Crippen LogP) is 3.15. The van der Waals surface area contributed by atoms with Crippen molar-refractivity contribution in [2.45, 2.75) is 13.5 Å². The Hall–Kier alpha value is -2.77. The van der Waals surface area contributed by atoms with Crippen LogP contribution in [0.3, 0.4) is 0 Å². The molecule has 0 radical (unpaired) electrons. The summed E-state index contributed by atoms with van der Waals surface area (Å²) >= 11 is 5.90. The summed E-state index contributed by atoms with van der Waals surface area (Å²) in [6.07, 6.45) is 1.48. The molecule has 25 heavy (non-hydrogen) atoms. The number of aromatic nitrogens is 1. The van der Waals surface area contributed by atoms with Crippen molar-refractivity contribution in [1.82, 2.24) is 4.98 Å². The van der Waals surface area contributed by atoms with Crippen molar-refractivity contribution in [2.75, 3.05) is 5.32 Å². The number of fused-ring (bicyclic) bond motifs is 1. The number of aliphatic hydroxyl groups is 1. The number of nitrogens with one attached hydrogen (secondary N) is 2. The van der Waals surface area contributed by atoms with Crippen LogP contribution >= 0.6 is 11.6 Å². The van der Waals surface area contributed by atoms with Crippen molar-refractivity contribution in [3.8, 4) is 0 Å². The lowest BCUT2D eigenvalue weighted by atomic mass is 10.1. The van der Waals surface area contributed by atoms with E-state index in [1.165, 1.54) is 18.3 Å². The fourth-order valence-electron chi connectivity index (χ4n) is 2.37. The van der Waals surface area contributed by atoms with Crippen molar-refractivity contribution < 1.29 is 18.7 Å². The quantitative estimate of drug-likeness (QED) is 0.667. The molecule has 0 saturated carbocycles. The Bertz CT molecular complexity index is 1050. The Kier molecular flexibility index (Phi) is 4.52. The van der Waals surface area contributed by atoms with Gasteiger partial charge in [0.05, 0.1) is 23.0 Å². The molecular weight excluding hydrogens is 349 g/mol. The summed E-state index contributed by atoms with van der Waals surface area (Å²) in [5.74, 6) is -1.16. The van der Waals surface area contributed by atoms with E-state index in [4.69, 9.17) is 21.4 Å². The second kappa shape index (κ2) is 6.62. The average molecular weight is 362 g/mol. The van der Waals surface area contributed by atoms with E-state index < -0.39 is 11.7 Å². The highest BCUT2D eigenvalue weighted by molar-refractivity contribution is 6.33. The monoisotopic (exact) mass is 361 g/mol. The van der Waals surface area contributed by atoms with Crippen LogP contribution in [0.1, 0.15) is 21.6 Å². The van der Waals surface area contributed by atoms with Gasteiger partial charge in [0.2, 0.25) is 5.55 Å². The summed E-state index contributed by atoms with van der Waals surface area (Å²) < 4.78 is 18.5. The van der Waals surface area contributed by atoms with Crippen LogP contribution in [0.4, 0.5) is 10.1 Å². The van der Waals surface area contributed by atoms with Crippen molar-refractivity contribution in [1.29, 1.82) is 5.41 Å². The van der Waals surface area contributed by atoms with Crippen LogP contribution in [0.2, 0.25) is 5.02 Å². The molecule has 1 amide bonds. The molecule has 6 nitrogen and oxygen atoms in total. The van der Waals surface area contributed by atoms with Crippen LogP contribution in [0, 0.1) is 18.2 Å². The maximum absolute atomic E-state index is 13.1. The standard InChI is InChI=1S/C17H13ClFN3O3/c1-8-15-11(9(7-23)6-21-8)5-12(16(20)25-15)17(24)22-14-3-2-10(19)4-13(14)18/h2-6,20,23H,7H2,1H3,(H,22,24). The van der Waals surface area contributed by atoms with Crippen LogP contribution in [0.5, 0.6) is 0 Å². The van der Waals surface area contributed by atoms with E-state index >= 15 is 0 Å². The highest BCUT2D eigenvalue weighted by Crippen LogP contribution is 2.24. The fourth-order valence-corrected chi connectivity index (χ4v) is 2.59. The van der Waals surface area contributed by atoms with E-state index in [1.54, 1.807) is 6.92 Å². The van der Waals surface area contributed by atoms with Gasteiger partial charge in [-0.2, -0.15) is 0 Å². The Morgan fingerprint density at radius 1 is 1.44 bits per heavy atom. The summed E-state index contributed by atoms with van der Waals surface area (Å²) in [6, 6.07) is 5.01. The highest BCUT2D eigenvalue weighted by Gasteiger charge is 2.16. The van der Waals surface area contributed by atoms with Gasteiger partial charge in [0, 0.05) is 17.1 Å². The SMILES string of the molecule is Cc1ncc(CO)c2cc(C(=O)Nc3ccc(F)cc3Cl)c(=N)oc12. The number of nitrogens with zero attached hydrogens (tertiary/aromatic N) is 1. The first-order valence-corrected chi connectivity index (χ1v) is 7.62. The Morgan fingerprint density at radius 2 is 2.20 bits per heavy atom. The smallest absolute Gasteiger partial charge is 0.261 e. The zero-order chi connectivity index (χ0) is 18.1. The molecule has 2 heterocycles. The van der Waals surface area contributed by atoms with Crippen molar-refractivity contribution in [3.05, 3.63) is 63.7 Å². The third-order valence-corrected chi connectivity index (χ3v) is 3.98. The summed E-state index contributed by atoms with van der Waals surface area (Å²) in [5, 5.41) is 20.4. The second-order valence-electron chi connectivity index (χ2n) is 5.34. The molecule has 128 valence electrons. The number of hydrogen-bond donors (Lipinski definition) is 3. The van der Waals surface area contributed by atoms with E-state index in [2.05, 4.69) is 10.3 Å². The van der Waals surface area contributed by atoms with Crippen molar-refractivity contribution >= 4 is 34.2 Å². The molecule has 0 aliphatic carbocycles. The zero-order valence-corrected chi connectivity index (χ0v) is 13.8. The maximum Gasteiger partial charge on any atom is 0.261 e. The highest BCUT2D eigenvalue weighted by atomic mass is 35.5. The lowest BCUT2D eigenvalue weighted by Gasteiger charge is -2.10. The molecule has 0 spiro atoms. The van der Waals surface area contributed by atoms with E-state index in [1.807, 2.05) is 0 Å². The van der Waals surface area contributed by atoms with Gasteiger partial charge < -0.3 is 14.8 Å². The van der Waals surface area contributed by atoms with Crippen molar-refractivity contribution in [2.24, 2.45) is 0 Å². The van der Waals surface area contributed by atoms with Gasteiger partial charge in [-0.05, 0) is 31.2 Å². The molecule has 3 N–H and O–H groups in total. The molecule has 0 saturated heterocycles. The molecule has 3 rings (SSSR count). The summed E-state index contributed by atoms with van der Waals surface area (Å²) in [7, 11) is 0. The molecular formula is C17H13ClFN3O3. The maximum atomic E-state index is 13.1. The lowest BCUT2D eigenvalue weighted by Crippen LogP contribution is -2.21. The minimum Gasteiger partial charge on any atom is -0.436 e. The largest absolute Gasteiger partial charge is 0.436 e. The number of aliphatic hydroxyl groups excluding tert-OH is 1. The first-order chi connectivity index (χ1) is 11.9. The lowest BCUT2D eigenvalue weighted by molar-refractivity contribution is 0.102. The van der Waals surface area contributed by atoms with Gasteiger partial charge in [-0.1, -0.05) is 11.6 Å². The van der Waals surface area contributed by atoms with Gasteiger partial charge in [-0.15, -0.1) is 0 Å². The molecule has 0 bridgehead atoms. The summed E-state index contributed by atoms with van der Waals surface area (Å²) in [5.41, 5.74) is 1.14. The van der Waals surface area contributed by atoms with Gasteiger partial charge in [-0.25, -0.2) is 4.39 Å². The molecule has 0 aliphatic heterocycles. The Morgan fingerprint density at radius 3 is 2.88 bits per heavy atom. The first kappa shape index (κ1) is 17.1. The number of halogens is 2. The molecule has 3 aromatic rings. The van der Waals surface area contributed by atoms with Gasteiger partial charge in [0.1, 0.15) is 11.4 Å². The molecule has 8 heteroatoms. The van der Waals surface area contributed by atoms with Gasteiger partial charge in [0.25, 0.3) is 5.91 Å². The molecule has 2 aromatic heterocycles. The number of benzene rings is 1. The minimum absolute atomic E-state index is 0.0358. The predicted molar refractivity (Wildman–Crippen MR) is 89.9 cm³/mol. The average Bonchev–Trinajstić information content (AvgIpc) is 2.57. The fraction of sp³-hybridized carbons (Fsp3) is 0.118. The summed E-state index contributed by atoms with van der Waals surface area (Å²) in [6.45, 7) is 1.41. The molecule has 1 aromatic carbocycles. The number of amides is 1. The normalized spacial score (nSPS) is 10.9. The van der Waals surface area contributed by atoms with Gasteiger partial charge >= 0.3 is 0 Å². The van der Waals surface area contributed by atoms with Crippen LogP contribution in [0.15, 0.2) is 34.9 Å². The van der Waals surface area contributed by atoms with E-state index in [-0.39, 0.29) is 28.4 Å². The molecule has 0 atom stereocenters. The zero-order valence-electron chi connectivity index (χ0n) is 13.1. The number of rotatable bonds is 3. The van der Waals surface area contributed by atoms with Crippen LogP contribution in [0.25, 0.3) is 11.0 Å². The number of hydrogen-bond acceptors (Lipinski definition) is 5. The molecule has 0 fully saturated rings. The number of pyridine rings is 1. The number of anilines is 1. The number of aryl methyl sites for hydroxylation is 1. The van der Waals surface area contributed by atoms with Gasteiger partial charge in [-0.3, -0.25) is 15.2 Å².